The lowest BCUT2D eigenvalue weighted by atomic mass is 9.99. The van der Waals surface area contributed by atoms with Gasteiger partial charge in [-0.1, -0.05) is 33.1 Å². The minimum Gasteiger partial charge on any atom is -0.338 e. The monoisotopic (exact) mass is 237 g/mol. The molecule has 3 nitrogen and oxygen atoms in total. The van der Waals surface area contributed by atoms with E-state index in [1.165, 1.54) is 31.5 Å². The molecule has 1 atom stereocenters. The Morgan fingerprint density at radius 1 is 1.41 bits per heavy atom. The van der Waals surface area contributed by atoms with Crippen LogP contribution in [0.5, 0.6) is 0 Å². The molecule has 1 aromatic heterocycles. The standard InChI is InChI=1S/C14H27N3/c1-4-6-7-13(5-2)12-15-9-8-14-16-10-11-17(14)3/h10-11,13,15H,4-9,12H2,1-3H3. The smallest absolute Gasteiger partial charge is 0.109 e. The Morgan fingerprint density at radius 2 is 2.24 bits per heavy atom. The van der Waals surface area contributed by atoms with Crippen LogP contribution in [-0.4, -0.2) is 22.6 Å². The van der Waals surface area contributed by atoms with E-state index < -0.39 is 0 Å². The maximum absolute atomic E-state index is 4.33. The number of hydrogen-bond donors (Lipinski definition) is 1. The summed E-state index contributed by atoms with van der Waals surface area (Å²) >= 11 is 0. The van der Waals surface area contributed by atoms with E-state index in [1.807, 2.05) is 12.4 Å². The van der Waals surface area contributed by atoms with Crippen molar-refractivity contribution in [2.45, 2.75) is 46.0 Å². The molecule has 1 aromatic rings. The molecule has 1 rings (SSSR count). The highest BCUT2D eigenvalue weighted by Gasteiger charge is 2.05. The van der Waals surface area contributed by atoms with Gasteiger partial charge in [-0.15, -0.1) is 0 Å². The van der Waals surface area contributed by atoms with Crippen molar-refractivity contribution in [3.05, 3.63) is 18.2 Å². The highest BCUT2D eigenvalue weighted by atomic mass is 15.0. The third-order valence-corrected chi connectivity index (χ3v) is 3.42. The fourth-order valence-electron chi connectivity index (χ4n) is 2.09. The molecule has 0 saturated heterocycles. The number of unbranched alkanes of at least 4 members (excludes halogenated alkanes) is 1. The predicted octanol–water partition coefficient (Wildman–Crippen LogP) is 2.77. The van der Waals surface area contributed by atoms with Crippen molar-refractivity contribution in [2.75, 3.05) is 13.1 Å². The average Bonchev–Trinajstić information content (AvgIpc) is 2.74. The molecular weight excluding hydrogens is 210 g/mol. The summed E-state index contributed by atoms with van der Waals surface area (Å²) in [5.41, 5.74) is 0. The molecule has 0 aliphatic carbocycles. The molecule has 1 N–H and O–H groups in total. The Hall–Kier alpha value is -0.830. The van der Waals surface area contributed by atoms with Gasteiger partial charge in [-0.2, -0.15) is 0 Å². The molecule has 17 heavy (non-hydrogen) atoms. The van der Waals surface area contributed by atoms with Crippen LogP contribution in [0.2, 0.25) is 0 Å². The van der Waals surface area contributed by atoms with E-state index in [4.69, 9.17) is 0 Å². The number of aryl methyl sites for hydroxylation is 1. The van der Waals surface area contributed by atoms with Crippen LogP contribution in [0.25, 0.3) is 0 Å². The highest BCUT2D eigenvalue weighted by Crippen LogP contribution is 2.11. The number of hydrogen-bond acceptors (Lipinski definition) is 2. The molecule has 1 unspecified atom stereocenters. The Balaban J connectivity index is 2.12. The summed E-state index contributed by atoms with van der Waals surface area (Å²) in [5, 5.41) is 3.56. The van der Waals surface area contributed by atoms with E-state index in [1.54, 1.807) is 0 Å². The zero-order valence-corrected chi connectivity index (χ0v) is 11.6. The topological polar surface area (TPSA) is 29.9 Å². The molecule has 98 valence electrons. The second kappa shape index (κ2) is 8.29. The lowest BCUT2D eigenvalue weighted by Gasteiger charge is -2.15. The molecule has 0 amide bonds. The van der Waals surface area contributed by atoms with Crippen LogP contribution < -0.4 is 5.32 Å². The van der Waals surface area contributed by atoms with Gasteiger partial charge < -0.3 is 9.88 Å². The summed E-state index contributed by atoms with van der Waals surface area (Å²) in [7, 11) is 2.05. The first kappa shape index (κ1) is 14.2. The van der Waals surface area contributed by atoms with Gasteiger partial charge in [0.25, 0.3) is 0 Å². The summed E-state index contributed by atoms with van der Waals surface area (Å²) in [6.45, 7) is 6.75. The quantitative estimate of drug-likeness (QED) is 0.669. The second-order valence-corrected chi connectivity index (χ2v) is 4.83. The predicted molar refractivity (Wildman–Crippen MR) is 73.1 cm³/mol. The average molecular weight is 237 g/mol. The minimum atomic E-state index is 0.844. The molecule has 0 aliphatic rings. The van der Waals surface area contributed by atoms with Gasteiger partial charge in [0.2, 0.25) is 0 Å². The van der Waals surface area contributed by atoms with Gasteiger partial charge in [0.1, 0.15) is 5.82 Å². The van der Waals surface area contributed by atoms with Crippen molar-refractivity contribution in [1.29, 1.82) is 0 Å². The Labute approximate surface area is 106 Å². The van der Waals surface area contributed by atoms with E-state index >= 15 is 0 Å². The van der Waals surface area contributed by atoms with Crippen molar-refractivity contribution in [2.24, 2.45) is 13.0 Å². The van der Waals surface area contributed by atoms with E-state index in [9.17, 15) is 0 Å². The summed E-state index contributed by atoms with van der Waals surface area (Å²) in [6, 6.07) is 0. The Bertz CT molecular complexity index is 293. The zero-order chi connectivity index (χ0) is 12.5. The number of aromatic nitrogens is 2. The molecule has 0 radical (unpaired) electrons. The van der Waals surface area contributed by atoms with E-state index in [0.717, 1.165) is 25.4 Å². The largest absolute Gasteiger partial charge is 0.338 e. The molecule has 0 saturated carbocycles. The summed E-state index contributed by atoms with van der Waals surface area (Å²) in [5.74, 6) is 2.01. The number of rotatable bonds is 9. The number of imidazole rings is 1. The maximum atomic E-state index is 4.33. The molecule has 0 spiro atoms. The van der Waals surface area contributed by atoms with Gasteiger partial charge in [-0.25, -0.2) is 4.98 Å². The zero-order valence-electron chi connectivity index (χ0n) is 11.6. The lowest BCUT2D eigenvalue weighted by molar-refractivity contribution is 0.420. The van der Waals surface area contributed by atoms with Gasteiger partial charge in [0.15, 0.2) is 0 Å². The molecule has 0 fully saturated rings. The van der Waals surface area contributed by atoms with Crippen LogP contribution in [0.1, 0.15) is 45.4 Å². The van der Waals surface area contributed by atoms with Gasteiger partial charge >= 0.3 is 0 Å². The molecule has 0 aliphatic heterocycles. The minimum absolute atomic E-state index is 0.844. The highest BCUT2D eigenvalue weighted by molar-refractivity contribution is 4.91. The molecule has 1 heterocycles. The number of nitrogens with zero attached hydrogens (tertiary/aromatic N) is 2. The first-order chi connectivity index (χ1) is 8.27. The fraction of sp³-hybridized carbons (Fsp3) is 0.786. The van der Waals surface area contributed by atoms with Gasteiger partial charge in [0, 0.05) is 32.4 Å². The normalized spacial score (nSPS) is 12.9. The van der Waals surface area contributed by atoms with Crippen LogP contribution in [-0.2, 0) is 13.5 Å². The third-order valence-electron chi connectivity index (χ3n) is 3.42. The van der Waals surface area contributed by atoms with E-state index in [0.29, 0.717) is 0 Å². The number of nitrogens with one attached hydrogen (secondary N) is 1. The summed E-state index contributed by atoms with van der Waals surface area (Å²) in [6.07, 6.45) is 10.2. The Kier molecular flexibility index (Phi) is 6.94. The molecule has 3 heteroatoms. The van der Waals surface area contributed by atoms with Crippen molar-refractivity contribution in [3.63, 3.8) is 0 Å². The van der Waals surface area contributed by atoms with Crippen LogP contribution in [0, 0.1) is 5.92 Å². The first-order valence-electron chi connectivity index (χ1n) is 6.94. The summed E-state index contributed by atoms with van der Waals surface area (Å²) in [4.78, 5) is 4.33. The van der Waals surface area contributed by atoms with E-state index in [2.05, 4.69) is 35.8 Å². The van der Waals surface area contributed by atoms with Gasteiger partial charge in [-0.05, 0) is 18.9 Å². The van der Waals surface area contributed by atoms with E-state index in [-0.39, 0.29) is 0 Å². The van der Waals surface area contributed by atoms with Crippen molar-refractivity contribution < 1.29 is 0 Å². The van der Waals surface area contributed by atoms with Crippen molar-refractivity contribution >= 4 is 0 Å². The second-order valence-electron chi connectivity index (χ2n) is 4.83. The van der Waals surface area contributed by atoms with Crippen molar-refractivity contribution in [3.8, 4) is 0 Å². The van der Waals surface area contributed by atoms with Gasteiger partial charge in [0.05, 0.1) is 0 Å². The SMILES string of the molecule is CCCCC(CC)CNCCc1nccn1C. The molecular formula is C14H27N3. The third kappa shape index (κ3) is 5.35. The van der Waals surface area contributed by atoms with Crippen molar-refractivity contribution in [1.82, 2.24) is 14.9 Å². The summed E-state index contributed by atoms with van der Waals surface area (Å²) < 4.78 is 2.09. The van der Waals surface area contributed by atoms with Gasteiger partial charge in [-0.3, -0.25) is 0 Å². The van der Waals surface area contributed by atoms with Crippen LogP contribution in [0.4, 0.5) is 0 Å². The Morgan fingerprint density at radius 3 is 2.82 bits per heavy atom. The lowest BCUT2D eigenvalue weighted by Crippen LogP contribution is -2.25. The van der Waals surface area contributed by atoms with Crippen LogP contribution in [0.15, 0.2) is 12.4 Å². The van der Waals surface area contributed by atoms with Crippen LogP contribution in [0.3, 0.4) is 0 Å². The molecule has 0 aromatic carbocycles. The fourth-order valence-corrected chi connectivity index (χ4v) is 2.09. The first-order valence-corrected chi connectivity index (χ1v) is 6.94. The maximum Gasteiger partial charge on any atom is 0.109 e. The van der Waals surface area contributed by atoms with Crippen LogP contribution >= 0.6 is 0 Å². The molecule has 0 bridgehead atoms.